The fraction of sp³-hybridized carbons (Fsp3) is 0.889. The molecule has 4 atom stereocenters. The van der Waals surface area contributed by atoms with E-state index < -0.39 is 0 Å². The highest BCUT2D eigenvalue weighted by atomic mass is 16.3. The number of hydrogen-bond acceptors (Lipinski definition) is 1. The Morgan fingerprint density at radius 1 is 1.21 bits per heavy atom. The Kier molecular flexibility index (Phi) is 6.11. The maximum absolute atomic E-state index is 9.66. The summed E-state index contributed by atoms with van der Waals surface area (Å²) in [6, 6.07) is 0. The van der Waals surface area contributed by atoms with Gasteiger partial charge in [0.05, 0.1) is 6.61 Å². The highest BCUT2D eigenvalue weighted by molar-refractivity contribution is 5.04. The summed E-state index contributed by atoms with van der Waals surface area (Å²) in [5, 5.41) is 9.66. The average Bonchev–Trinajstić information content (AvgIpc) is 2.35. The molecule has 1 nitrogen and oxygen atoms in total. The quantitative estimate of drug-likeness (QED) is 0.701. The molecule has 0 radical (unpaired) electrons. The van der Waals surface area contributed by atoms with Crippen LogP contribution < -0.4 is 0 Å². The molecule has 1 fully saturated rings. The lowest BCUT2D eigenvalue weighted by molar-refractivity contribution is 0.136. The predicted molar refractivity (Wildman–Crippen MR) is 84.0 cm³/mol. The van der Waals surface area contributed by atoms with Gasteiger partial charge in [-0.15, -0.1) is 0 Å². The van der Waals surface area contributed by atoms with Gasteiger partial charge in [-0.3, -0.25) is 0 Å². The second-order valence-corrected chi connectivity index (χ2v) is 7.67. The molecule has 1 N–H and O–H groups in total. The van der Waals surface area contributed by atoms with Gasteiger partial charge in [0.2, 0.25) is 0 Å². The summed E-state index contributed by atoms with van der Waals surface area (Å²) in [7, 11) is 0. The van der Waals surface area contributed by atoms with Gasteiger partial charge >= 0.3 is 0 Å². The molecule has 0 aliphatic heterocycles. The van der Waals surface area contributed by atoms with Crippen molar-refractivity contribution in [3.63, 3.8) is 0 Å². The van der Waals surface area contributed by atoms with Crippen LogP contribution in [0.15, 0.2) is 12.2 Å². The van der Waals surface area contributed by atoms with E-state index in [1.54, 1.807) is 0 Å². The van der Waals surface area contributed by atoms with Gasteiger partial charge in [-0.25, -0.2) is 0 Å². The minimum absolute atomic E-state index is 0.0672. The second-order valence-electron chi connectivity index (χ2n) is 7.67. The van der Waals surface area contributed by atoms with Crippen LogP contribution in [0.1, 0.15) is 60.8 Å². The standard InChI is InChI=1S/C18H34O/c1-13(2)17-8-7-15(5)11-16(17)9-10-18(6,12-19)14(3)4/h9-10,13-17,19H,7-8,11-12H2,1-6H3/b10-9+/t15-,16-,17+,18+/m1/s1. The van der Waals surface area contributed by atoms with E-state index in [-0.39, 0.29) is 12.0 Å². The lowest BCUT2D eigenvalue weighted by Gasteiger charge is -2.37. The third-order valence-corrected chi connectivity index (χ3v) is 5.46. The third kappa shape index (κ3) is 4.34. The first-order valence-corrected chi connectivity index (χ1v) is 8.10. The van der Waals surface area contributed by atoms with Crippen LogP contribution in [0.5, 0.6) is 0 Å². The molecule has 0 bridgehead atoms. The van der Waals surface area contributed by atoms with Crippen LogP contribution in [0, 0.1) is 35.0 Å². The Morgan fingerprint density at radius 2 is 1.84 bits per heavy atom. The molecule has 0 unspecified atom stereocenters. The van der Waals surface area contributed by atoms with E-state index in [4.69, 9.17) is 0 Å². The largest absolute Gasteiger partial charge is 0.395 e. The van der Waals surface area contributed by atoms with Gasteiger partial charge in [0, 0.05) is 5.41 Å². The van der Waals surface area contributed by atoms with Gasteiger partial charge in [0.1, 0.15) is 0 Å². The average molecular weight is 266 g/mol. The van der Waals surface area contributed by atoms with Gasteiger partial charge in [-0.1, -0.05) is 60.1 Å². The zero-order valence-electron chi connectivity index (χ0n) is 13.8. The fourth-order valence-corrected chi connectivity index (χ4v) is 3.27. The van der Waals surface area contributed by atoms with Crippen LogP contribution in [0.3, 0.4) is 0 Å². The zero-order chi connectivity index (χ0) is 14.6. The Labute approximate surface area is 120 Å². The fourth-order valence-electron chi connectivity index (χ4n) is 3.27. The van der Waals surface area contributed by atoms with Gasteiger partial charge in [-0.2, -0.15) is 0 Å². The summed E-state index contributed by atoms with van der Waals surface area (Å²) in [6.45, 7) is 13.9. The van der Waals surface area contributed by atoms with Crippen LogP contribution in [-0.4, -0.2) is 11.7 Å². The summed E-state index contributed by atoms with van der Waals surface area (Å²) >= 11 is 0. The van der Waals surface area contributed by atoms with Gasteiger partial charge in [-0.05, 0) is 42.4 Å². The topological polar surface area (TPSA) is 20.2 Å². The number of aliphatic hydroxyl groups is 1. The van der Waals surface area contributed by atoms with Crippen molar-refractivity contribution in [3.05, 3.63) is 12.2 Å². The molecule has 1 saturated carbocycles. The summed E-state index contributed by atoms with van der Waals surface area (Å²) in [5.74, 6) is 3.62. The van der Waals surface area contributed by atoms with Crippen molar-refractivity contribution in [2.45, 2.75) is 60.8 Å². The molecule has 112 valence electrons. The van der Waals surface area contributed by atoms with E-state index in [9.17, 15) is 5.11 Å². The molecule has 0 spiro atoms. The minimum Gasteiger partial charge on any atom is -0.395 e. The van der Waals surface area contributed by atoms with Crippen LogP contribution in [0.25, 0.3) is 0 Å². The predicted octanol–water partition coefficient (Wildman–Crippen LogP) is 4.91. The SMILES string of the molecule is CC(C)[C@@H]1CC[C@@H](C)C[C@H]1/C=C/[C@@](C)(CO)C(C)C. The van der Waals surface area contributed by atoms with E-state index in [2.05, 4.69) is 53.7 Å². The van der Waals surface area contributed by atoms with Gasteiger partial charge in [0.15, 0.2) is 0 Å². The number of rotatable bonds is 5. The van der Waals surface area contributed by atoms with Crippen LogP contribution >= 0.6 is 0 Å². The van der Waals surface area contributed by atoms with E-state index >= 15 is 0 Å². The van der Waals surface area contributed by atoms with Crippen LogP contribution in [0.4, 0.5) is 0 Å². The Morgan fingerprint density at radius 3 is 2.32 bits per heavy atom. The molecule has 19 heavy (non-hydrogen) atoms. The Bertz CT molecular complexity index is 292. The third-order valence-electron chi connectivity index (χ3n) is 5.46. The number of aliphatic hydroxyl groups excluding tert-OH is 1. The molecule has 1 rings (SSSR count). The number of hydrogen-bond donors (Lipinski definition) is 1. The number of allylic oxidation sites excluding steroid dienone is 1. The molecule has 0 aromatic carbocycles. The monoisotopic (exact) mass is 266 g/mol. The van der Waals surface area contributed by atoms with Crippen molar-refractivity contribution >= 4 is 0 Å². The van der Waals surface area contributed by atoms with Crippen LogP contribution in [0.2, 0.25) is 0 Å². The summed E-state index contributed by atoms with van der Waals surface area (Å²) < 4.78 is 0. The lowest BCUT2D eigenvalue weighted by atomic mass is 9.69. The second kappa shape index (κ2) is 6.92. The van der Waals surface area contributed by atoms with Crippen molar-refractivity contribution in [2.24, 2.45) is 35.0 Å². The normalized spacial score (nSPS) is 32.2. The van der Waals surface area contributed by atoms with Crippen LogP contribution in [-0.2, 0) is 0 Å². The molecule has 1 aliphatic carbocycles. The zero-order valence-corrected chi connectivity index (χ0v) is 13.8. The summed E-state index contributed by atoms with van der Waals surface area (Å²) in [6.07, 6.45) is 8.80. The molecule has 0 heterocycles. The molecule has 1 heteroatoms. The van der Waals surface area contributed by atoms with Crippen molar-refractivity contribution in [1.82, 2.24) is 0 Å². The highest BCUT2D eigenvalue weighted by Gasteiger charge is 2.30. The molecule has 0 saturated heterocycles. The molecule has 1 aliphatic rings. The summed E-state index contributed by atoms with van der Waals surface area (Å²) in [4.78, 5) is 0. The Hall–Kier alpha value is -0.300. The van der Waals surface area contributed by atoms with Crippen molar-refractivity contribution in [1.29, 1.82) is 0 Å². The smallest absolute Gasteiger partial charge is 0.0521 e. The molecule has 0 aromatic rings. The van der Waals surface area contributed by atoms with Crippen molar-refractivity contribution in [3.8, 4) is 0 Å². The molecular weight excluding hydrogens is 232 g/mol. The first-order chi connectivity index (χ1) is 8.80. The highest BCUT2D eigenvalue weighted by Crippen LogP contribution is 2.40. The van der Waals surface area contributed by atoms with E-state index in [1.165, 1.54) is 19.3 Å². The molecule has 0 aromatic heterocycles. The Balaban J connectivity index is 2.80. The molecule has 0 amide bonds. The van der Waals surface area contributed by atoms with Gasteiger partial charge < -0.3 is 5.11 Å². The lowest BCUT2D eigenvalue weighted by Crippen LogP contribution is -2.29. The van der Waals surface area contributed by atoms with Gasteiger partial charge in [0.25, 0.3) is 0 Å². The summed E-state index contributed by atoms with van der Waals surface area (Å²) in [5.41, 5.74) is -0.0672. The molecular formula is C18H34O. The first kappa shape index (κ1) is 16.8. The van der Waals surface area contributed by atoms with Crippen molar-refractivity contribution in [2.75, 3.05) is 6.61 Å². The van der Waals surface area contributed by atoms with E-state index in [0.29, 0.717) is 11.8 Å². The van der Waals surface area contributed by atoms with E-state index in [0.717, 1.165) is 17.8 Å². The first-order valence-electron chi connectivity index (χ1n) is 8.10. The van der Waals surface area contributed by atoms with Crippen molar-refractivity contribution < 1.29 is 5.11 Å². The minimum atomic E-state index is -0.0672. The maximum Gasteiger partial charge on any atom is 0.0521 e. The maximum atomic E-state index is 9.66. The van der Waals surface area contributed by atoms with E-state index in [1.807, 2.05) is 0 Å².